The molecular formula is C13H21NO. The fourth-order valence-electron chi connectivity index (χ4n) is 1.82. The van der Waals surface area contributed by atoms with Gasteiger partial charge in [-0.1, -0.05) is 13.0 Å². The van der Waals surface area contributed by atoms with Crippen LogP contribution in [0.2, 0.25) is 0 Å². The average molecular weight is 207 g/mol. The third kappa shape index (κ3) is 2.51. The summed E-state index contributed by atoms with van der Waals surface area (Å²) in [5.41, 5.74) is 9.58. The molecule has 1 rings (SSSR count). The van der Waals surface area contributed by atoms with Crippen LogP contribution in [0.15, 0.2) is 12.1 Å². The van der Waals surface area contributed by atoms with E-state index in [1.165, 1.54) is 16.7 Å². The standard InChI is InChI=1S/C13H21NO/c1-5-11(8-14)12-6-9(2)10(3)7-13(12)15-4/h6-7,11H,5,8,14H2,1-4H3. The Kier molecular flexibility index (Phi) is 4.15. The molecule has 1 aromatic rings. The van der Waals surface area contributed by atoms with Gasteiger partial charge in [0.05, 0.1) is 7.11 Å². The summed E-state index contributed by atoms with van der Waals surface area (Å²) < 4.78 is 5.41. The highest BCUT2D eigenvalue weighted by Crippen LogP contribution is 2.30. The van der Waals surface area contributed by atoms with Crippen molar-refractivity contribution >= 4 is 0 Å². The first-order valence-corrected chi connectivity index (χ1v) is 5.49. The van der Waals surface area contributed by atoms with Gasteiger partial charge in [0.1, 0.15) is 5.75 Å². The zero-order valence-electron chi connectivity index (χ0n) is 10.1. The molecule has 0 aliphatic carbocycles. The monoisotopic (exact) mass is 207 g/mol. The Morgan fingerprint density at radius 1 is 1.27 bits per heavy atom. The molecule has 15 heavy (non-hydrogen) atoms. The van der Waals surface area contributed by atoms with Gasteiger partial charge in [0.15, 0.2) is 0 Å². The van der Waals surface area contributed by atoms with E-state index in [9.17, 15) is 0 Å². The lowest BCUT2D eigenvalue weighted by Crippen LogP contribution is -2.13. The third-order valence-corrected chi connectivity index (χ3v) is 3.06. The van der Waals surface area contributed by atoms with Crippen molar-refractivity contribution in [3.05, 3.63) is 28.8 Å². The van der Waals surface area contributed by atoms with Gasteiger partial charge in [0.2, 0.25) is 0 Å². The van der Waals surface area contributed by atoms with Crippen molar-refractivity contribution in [1.29, 1.82) is 0 Å². The molecule has 0 amide bonds. The van der Waals surface area contributed by atoms with Crippen molar-refractivity contribution in [2.24, 2.45) is 5.73 Å². The molecule has 1 unspecified atom stereocenters. The maximum atomic E-state index is 5.77. The van der Waals surface area contributed by atoms with E-state index in [1.54, 1.807) is 7.11 Å². The second-order valence-corrected chi connectivity index (χ2v) is 4.02. The molecule has 1 aromatic carbocycles. The predicted octanol–water partition coefficient (Wildman–Crippen LogP) is 2.76. The molecule has 0 saturated heterocycles. The first-order valence-electron chi connectivity index (χ1n) is 5.49. The van der Waals surface area contributed by atoms with Crippen molar-refractivity contribution in [3.63, 3.8) is 0 Å². The molecule has 0 spiro atoms. The van der Waals surface area contributed by atoms with Crippen molar-refractivity contribution in [3.8, 4) is 5.75 Å². The Balaban J connectivity index is 3.20. The van der Waals surface area contributed by atoms with E-state index in [0.29, 0.717) is 12.5 Å². The second-order valence-electron chi connectivity index (χ2n) is 4.02. The SMILES string of the molecule is CCC(CN)c1cc(C)c(C)cc1OC. The molecule has 1 atom stereocenters. The molecule has 0 saturated carbocycles. The maximum Gasteiger partial charge on any atom is 0.122 e. The molecule has 0 aliphatic rings. The smallest absolute Gasteiger partial charge is 0.122 e. The number of rotatable bonds is 4. The first-order chi connectivity index (χ1) is 7.13. The van der Waals surface area contributed by atoms with Crippen LogP contribution in [0, 0.1) is 13.8 Å². The van der Waals surface area contributed by atoms with Crippen molar-refractivity contribution < 1.29 is 4.74 Å². The Hall–Kier alpha value is -1.02. The molecule has 0 aliphatic heterocycles. The minimum absolute atomic E-state index is 0.402. The largest absolute Gasteiger partial charge is 0.496 e. The van der Waals surface area contributed by atoms with Crippen LogP contribution in [0.5, 0.6) is 5.75 Å². The second kappa shape index (κ2) is 5.17. The number of nitrogens with two attached hydrogens (primary N) is 1. The van der Waals surface area contributed by atoms with Gasteiger partial charge in [-0.15, -0.1) is 0 Å². The van der Waals surface area contributed by atoms with Gasteiger partial charge in [-0.2, -0.15) is 0 Å². The van der Waals surface area contributed by atoms with Crippen LogP contribution < -0.4 is 10.5 Å². The summed E-state index contributed by atoms with van der Waals surface area (Å²) in [6.07, 6.45) is 1.05. The van der Waals surface area contributed by atoms with Crippen molar-refractivity contribution in [2.75, 3.05) is 13.7 Å². The highest BCUT2D eigenvalue weighted by atomic mass is 16.5. The molecule has 0 heterocycles. The average Bonchev–Trinajstić information content (AvgIpc) is 2.24. The molecule has 0 aromatic heterocycles. The number of hydrogen-bond donors (Lipinski definition) is 1. The summed E-state index contributed by atoms with van der Waals surface area (Å²) in [5.74, 6) is 1.37. The Labute approximate surface area is 92.4 Å². The van der Waals surface area contributed by atoms with Crippen LogP contribution in [0.25, 0.3) is 0 Å². The van der Waals surface area contributed by atoms with Crippen molar-refractivity contribution in [1.82, 2.24) is 0 Å². The number of hydrogen-bond acceptors (Lipinski definition) is 2. The maximum absolute atomic E-state index is 5.77. The number of methoxy groups -OCH3 is 1. The molecule has 84 valence electrons. The Morgan fingerprint density at radius 2 is 1.87 bits per heavy atom. The minimum Gasteiger partial charge on any atom is -0.496 e. The van der Waals surface area contributed by atoms with Gasteiger partial charge < -0.3 is 10.5 Å². The van der Waals surface area contributed by atoms with Crippen LogP contribution in [0.1, 0.15) is 36.0 Å². The zero-order chi connectivity index (χ0) is 11.4. The number of ether oxygens (including phenoxy) is 1. The van der Waals surface area contributed by atoms with E-state index >= 15 is 0 Å². The molecule has 0 fully saturated rings. The van der Waals surface area contributed by atoms with Gasteiger partial charge >= 0.3 is 0 Å². The van der Waals surface area contributed by atoms with Crippen molar-refractivity contribution in [2.45, 2.75) is 33.1 Å². The molecule has 2 N–H and O–H groups in total. The Bertz CT molecular complexity index is 330. The van der Waals surface area contributed by atoms with Crippen LogP contribution in [0.3, 0.4) is 0 Å². The first kappa shape index (κ1) is 12.1. The normalized spacial score (nSPS) is 12.6. The van der Waals surface area contributed by atoms with E-state index in [-0.39, 0.29) is 0 Å². The van der Waals surface area contributed by atoms with Crippen LogP contribution in [0.4, 0.5) is 0 Å². The summed E-state index contributed by atoms with van der Waals surface area (Å²) >= 11 is 0. The van der Waals surface area contributed by atoms with E-state index in [4.69, 9.17) is 10.5 Å². The van der Waals surface area contributed by atoms with E-state index in [0.717, 1.165) is 12.2 Å². The molecule has 0 radical (unpaired) electrons. The number of benzene rings is 1. The van der Waals surface area contributed by atoms with Gasteiger partial charge in [-0.05, 0) is 55.5 Å². The highest BCUT2D eigenvalue weighted by Gasteiger charge is 2.14. The van der Waals surface area contributed by atoms with E-state index in [2.05, 4.69) is 32.9 Å². The van der Waals surface area contributed by atoms with E-state index in [1.807, 2.05) is 0 Å². The lowest BCUT2D eigenvalue weighted by atomic mass is 9.92. The third-order valence-electron chi connectivity index (χ3n) is 3.06. The van der Waals surface area contributed by atoms with Crippen LogP contribution in [-0.4, -0.2) is 13.7 Å². The fraction of sp³-hybridized carbons (Fsp3) is 0.538. The minimum atomic E-state index is 0.402. The highest BCUT2D eigenvalue weighted by molar-refractivity contribution is 5.43. The fourth-order valence-corrected chi connectivity index (χ4v) is 1.82. The lowest BCUT2D eigenvalue weighted by Gasteiger charge is -2.18. The predicted molar refractivity (Wildman–Crippen MR) is 64.6 cm³/mol. The summed E-state index contributed by atoms with van der Waals surface area (Å²) in [4.78, 5) is 0. The Morgan fingerprint density at radius 3 is 2.33 bits per heavy atom. The zero-order valence-corrected chi connectivity index (χ0v) is 10.1. The van der Waals surface area contributed by atoms with Gasteiger partial charge in [0.25, 0.3) is 0 Å². The topological polar surface area (TPSA) is 35.2 Å². The van der Waals surface area contributed by atoms with Gasteiger partial charge in [-0.25, -0.2) is 0 Å². The molecule has 2 nitrogen and oxygen atoms in total. The molecule has 2 heteroatoms. The summed E-state index contributed by atoms with van der Waals surface area (Å²) in [5, 5.41) is 0. The van der Waals surface area contributed by atoms with E-state index < -0.39 is 0 Å². The van der Waals surface area contributed by atoms with Gasteiger partial charge in [-0.3, -0.25) is 0 Å². The number of aryl methyl sites for hydroxylation is 2. The molecular weight excluding hydrogens is 186 g/mol. The quantitative estimate of drug-likeness (QED) is 0.824. The lowest BCUT2D eigenvalue weighted by molar-refractivity contribution is 0.404. The summed E-state index contributed by atoms with van der Waals surface area (Å²) in [7, 11) is 1.72. The summed E-state index contributed by atoms with van der Waals surface area (Å²) in [6.45, 7) is 7.06. The van der Waals surface area contributed by atoms with Crippen LogP contribution >= 0.6 is 0 Å². The van der Waals surface area contributed by atoms with Crippen LogP contribution in [-0.2, 0) is 0 Å². The van der Waals surface area contributed by atoms with Gasteiger partial charge in [0, 0.05) is 0 Å². The molecule has 0 bridgehead atoms. The summed E-state index contributed by atoms with van der Waals surface area (Å²) in [6, 6.07) is 4.30.